The van der Waals surface area contributed by atoms with Crippen molar-refractivity contribution < 1.29 is 18.3 Å². The standard InChI is InChI=1S/C21H22N4O4S/c1-15-7-8-18(26)19(13-15)30(28,29)25-11-9-24(10-12-25)21(27)17-14-22-23-20(17)16-5-3-2-4-6-16/h2-8,13-14,26H,9-12H2,1H3,(H,22,23). The number of nitrogens with zero attached hydrogens (tertiary/aromatic N) is 3. The van der Waals surface area contributed by atoms with Gasteiger partial charge in [0.05, 0.1) is 17.5 Å². The van der Waals surface area contributed by atoms with E-state index in [4.69, 9.17) is 0 Å². The van der Waals surface area contributed by atoms with E-state index in [9.17, 15) is 18.3 Å². The number of sulfonamides is 1. The Morgan fingerprint density at radius 2 is 1.77 bits per heavy atom. The fraction of sp³-hybridized carbons (Fsp3) is 0.238. The lowest BCUT2D eigenvalue weighted by Crippen LogP contribution is -2.50. The van der Waals surface area contributed by atoms with Crippen LogP contribution >= 0.6 is 0 Å². The van der Waals surface area contributed by atoms with E-state index >= 15 is 0 Å². The Labute approximate surface area is 174 Å². The molecular formula is C21H22N4O4S. The van der Waals surface area contributed by atoms with Gasteiger partial charge in [0.25, 0.3) is 5.91 Å². The first kappa shape index (κ1) is 20.1. The molecule has 1 aliphatic rings. The third kappa shape index (κ3) is 3.69. The molecule has 4 rings (SSSR count). The van der Waals surface area contributed by atoms with Crippen molar-refractivity contribution in [3.05, 3.63) is 65.9 Å². The first-order chi connectivity index (χ1) is 14.4. The number of H-pyrrole nitrogens is 1. The number of hydrogen-bond donors (Lipinski definition) is 2. The number of carbonyl (C=O) groups excluding carboxylic acids is 1. The molecule has 2 heterocycles. The highest BCUT2D eigenvalue weighted by molar-refractivity contribution is 7.89. The average molecular weight is 426 g/mol. The van der Waals surface area contributed by atoms with Crippen molar-refractivity contribution in [1.29, 1.82) is 0 Å². The zero-order valence-electron chi connectivity index (χ0n) is 16.4. The normalized spacial score (nSPS) is 15.3. The van der Waals surface area contributed by atoms with Gasteiger partial charge in [0.15, 0.2) is 0 Å². The van der Waals surface area contributed by atoms with Crippen LogP contribution in [0.2, 0.25) is 0 Å². The van der Waals surface area contributed by atoms with Crippen molar-refractivity contribution in [3.63, 3.8) is 0 Å². The van der Waals surface area contributed by atoms with Gasteiger partial charge in [-0.1, -0.05) is 36.4 Å². The van der Waals surface area contributed by atoms with Gasteiger partial charge in [-0.2, -0.15) is 9.40 Å². The fourth-order valence-electron chi connectivity index (χ4n) is 3.54. The molecule has 0 unspecified atom stereocenters. The van der Waals surface area contributed by atoms with Crippen molar-refractivity contribution in [3.8, 4) is 17.0 Å². The summed E-state index contributed by atoms with van der Waals surface area (Å²) in [5.41, 5.74) is 2.69. The Bertz CT molecular complexity index is 1170. The summed E-state index contributed by atoms with van der Waals surface area (Å²) in [6.45, 7) is 2.58. The molecule has 2 aromatic carbocycles. The number of aryl methyl sites for hydroxylation is 1. The number of rotatable bonds is 4. The van der Waals surface area contributed by atoms with Crippen LogP contribution in [0.1, 0.15) is 15.9 Å². The summed E-state index contributed by atoms with van der Waals surface area (Å²) in [5.74, 6) is -0.469. The minimum atomic E-state index is -3.84. The molecule has 0 saturated carbocycles. The van der Waals surface area contributed by atoms with Gasteiger partial charge in [0.1, 0.15) is 10.6 Å². The van der Waals surface area contributed by atoms with Crippen molar-refractivity contribution >= 4 is 15.9 Å². The number of benzene rings is 2. The number of aromatic amines is 1. The predicted molar refractivity (Wildman–Crippen MR) is 112 cm³/mol. The van der Waals surface area contributed by atoms with Crippen LogP contribution < -0.4 is 0 Å². The summed E-state index contributed by atoms with van der Waals surface area (Å²) in [5, 5.41) is 16.9. The molecule has 0 radical (unpaired) electrons. The van der Waals surface area contributed by atoms with Crippen LogP contribution in [0.4, 0.5) is 0 Å². The van der Waals surface area contributed by atoms with E-state index < -0.39 is 10.0 Å². The molecule has 3 aromatic rings. The number of amides is 1. The van der Waals surface area contributed by atoms with Crippen LogP contribution in [0.25, 0.3) is 11.3 Å². The maximum atomic E-state index is 13.0. The summed E-state index contributed by atoms with van der Waals surface area (Å²) in [6, 6.07) is 13.9. The van der Waals surface area contributed by atoms with Gasteiger partial charge in [0, 0.05) is 31.7 Å². The van der Waals surface area contributed by atoms with Crippen LogP contribution in [0, 0.1) is 6.92 Å². The molecule has 0 atom stereocenters. The number of phenols is 1. The lowest BCUT2D eigenvalue weighted by Gasteiger charge is -2.34. The smallest absolute Gasteiger partial charge is 0.257 e. The molecule has 2 N–H and O–H groups in total. The van der Waals surface area contributed by atoms with Gasteiger partial charge >= 0.3 is 0 Å². The van der Waals surface area contributed by atoms with Gasteiger partial charge in [-0.15, -0.1) is 0 Å². The number of carbonyl (C=O) groups is 1. The highest BCUT2D eigenvalue weighted by Gasteiger charge is 2.33. The minimum Gasteiger partial charge on any atom is -0.507 e. The summed E-state index contributed by atoms with van der Waals surface area (Å²) >= 11 is 0. The zero-order chi connectivity index (χ0) is 21.3. The van der Waals surface area contributed by atoms with Crippen molar-refractivity contribution in [2.45, 2.75) is 11.8 Å². The van der Waals surface area contributed by atoms with Crippen molar-refractivity contribution in [2.75, 3.05) is 26.2 Å². The quantitative estimate of drug-likeness (QED) is 0.665. The van der Waals surface area contributed by atoms with Crippen LogP contribution in [-0.4, -0.2) is 65.0 Å². The molecule has 8 nitrogen and oxygen atoms in total. The minimum absolute atomic E-state index is 0.108. The second-order valence-corrected chi connectivity index (χ2v) is 9.10. The predicted octanol–water partition coefficient (Wildman–Crippen LogP) is 2.24. The van der Waals surface area contributed by atoms with E-state index in [1.54, 1.807) is 17.9 Å². The van der Waals surface area contributed by atoms with Gasteiger partial charge in [0.2, 0.25) is 10.0 Å². The summed E-state index contributed by atoms with van der Waals surface area (Å²) in [4.78, 5) is 14.6. The largest absolute Gasteiger partial charge is 0.507 e. The Morgan fingerprint density at radius 3 is 2.47 bits per heavy atom. The first-order valence-corrected chi connectivity index (χ1v) is 11.0. The Kier molecular flexibility index (Phi) is 5.31. The molecule has 30 heavy (non-hydrogen) atoms. The highest BCUT2D eigenvalue weighted by atomic mass is 32.2. The lowest BCUT2D eigenvalue weighted by molar-refractivity contribution is 0.0698. The molecule has 1 aliphatic heterocycles. The Hall–Kier alpha value is -3.17. The molecule has 1 aromatic heterocycles. The van der Waals surface area contributed by atoms with Crippen LogP contribution in [0.15, 0.2) is 59.6 Å². The SMILES string of the molecule is Cc1ccc(O)c(S(=O)(=O)N2CCN(C(=O)c3cn[nH]c3-c3ccccc3)CC2)c1. The maximum Gasteiger partial charge on any atom is 0.257 e. The number of phenolic OH excluding ortho intramolecular Hbond substituents is 1. The van der Waals surface area contributed by atoms with Gasteiger partial charge in [-0.3, -0.25) is 9.89 Å². The topological polar surface area (TPSA) is 107 Å². The summed E-state index contributed by atoms with van der Waals surface area (Å²) < 4.78 is 27.2. The highest BCUT2D eigenvalue weighted by Crippen LogP contribution is 2.28. The monoisotopic (exact) mass is 426 g/mol. The number of aromatic nitrogens is 2. The molecule has 0 aliphatic carbocycles. The van der Waals surface area contributed by atoms with E-state index in [2.05, 4.69) is 10.2 Å². The summed E-state index contributed by atoms with van der Waals surface area (Å²) in [6.07, 6.45) is 1.50. The van der Waals surface area contributed by atoms with Crippen molar-refractivity contribution in [2.24, 2.45) is 0 Å². The second kappa shape index (κ2) is 7.92. The summed E-state index contributed by atoms with van der Waals surface area (Å²) in [7, 11) is -3.84. The second-order valence-electron chi connectivity index (χ2n) is 7.19. The van der Waals surface area contributed by atoms with E-state index in [0.717, 1.165) is 11.1 Å². The Morgan fingerprint density at radius 1 is 1.07 bits per heavy atom. The third-order valence-electron chi connectivity index (χ3n) is 5.19. The molecule has 156 valence electrons. The fourth-order valence-corrected chi connectivity index (χ4v) is 5.13. The molecule has 0 bridgehead atoms. The first-order valence-electron chi connectivity index (χ1n) is 9.56. The van der Waals surface area contributed by atoms with E-state index in [1.165, 1.54) is 22.6 Å². The van der Waals surface area contributed by atoms with Crippen LogP contribution in [0.3, 0.4) is 0 Å². The van der Waals surface area contributed by atoms with Crippen molar-refractivity contribution in [1.82, 2.24) is 19.4 Å². The van der Waals surface area contributed by atoms with E-state index in [1.807, 2.05) is 30.3 Å². The number of hydrogen-bond acceptors (Lipinski definition) is 5. The van der Waals surface area contributed by atoms with Gasteiger partial charge < -0.3 is 10.0 Å². The lowest BCUT2D eigenvalue weighted by atomic mass is 10.1. The Balaban J connectivity index is 1.50. The molecule has 1 amide bonds. The number of nitrogens with one attached hydrogen (secondary N) is 1. The number of aromatic hydroxyl groups is 1. The van der Waals surface area contributed by atoms with Crippen LogP contribution in [0.5, 0.6) is 5.75 Å². The van der Waals surface area contributed by atoms with E-state index in [-0.39, 0.29) is 42.7 Å². The zero-order valence-corrected chi connectivity index (χ0v) is 17.3. The van der Waals surface area contributed by atoms with Gasteiger partial charge in [-0.25, -0.2) is 8.42 Å². The molecular weight excluding hydrogens is 404 g/mol. The number of piperazine rings is 1. The molecule has 0 spiro atoms. The molecule has 1 fully saturated rings. The third-order valence-corrected chi connectivity index (χ3v) is 7.12. The average Bonchev–Trinajstić information content (AvgIpc) is 3.25. The van der Waals surface area contributed by atoms with E-state index in [0.29, 0.717) is 11.3 Å². The van der Waals surface area contributed by atoms with Gasteiger partial charge in [-0.05, 0) is 24.6 Å². The molecule has 9 heteroatoms. The molecule has 1 saturated heterocycles. The maximum absolute atomic E-state index is 13.0. The van der Waals surface area contributed by atoms with Crippen LogP contribution in [-0.2, 0) is 10.0 Å².